The highest BCUT2D eigenvalue weighted by atomic mass is 35.5. The zero-order valence-electron chi connectivity index (χ0n) is 15.5. The highest BCUT2D eigenvalue weighted by Gasteiger charge is 2.25. The quantitative estimate of drug-likeness (QED) is 0.757. The van der Waals surface area contributed by atoms with Gasteiger partial charge in [-0.2, -0.15) is 0 Å². The SMILES string of the molecule is CNCC1CCN(C(=O)CCc2ccc(OC)c(OC)c2OC)C1.Cl. The molecular formula is C18H29ClN2O4. The second-order valence-corrected chi connectivity index (χ2v) is 6.05. The minimum atomic E-state index is 0. The molecule has 1 aromatic rings. The number of hydrogen-bond donors (Lipinski definition) is 1. The van der Waals surface area contributed by atoms with Crippen molar-refractivity contribution in [3.05, 3.63) is 17.7 Å². The van der Waals surface area contributed by atoms with E-state index in [4.69, 9.17) is 14.2 Å². The van der Waals surface area contributed by atoms with Gasteiger partial charge in [-0.05, 0) is 44.0 Å². The van der Waals surface area contributed by atoms with Crippen LogP contribution in [0, 0.1) is 5.92 Å². The summed E-state index contributed by atoms with van der Waals surface area (Å²) < 4.78 is 16.2. The fourth-order valence-electron chi connectivity index (χ4n) is 3.27. The largest absolute Gasteiger partial charge is 0.493 e. The smallest absolute Gasteiger partial charge is 0.222 e. The topological polar surface area (TPSA) is 60.0 Å². The van der Waals surface area contributed by atoms with E-state index in [0.29, 0.717) is 36.0 Å². The molecule has 1 aliphatic heterocycles. The van der Waals surface area contributed by atoms with Gasteiger partial charge in [0.1, 0.15) is 0 Å². The molecule has 25 heavy (non-hydrogen) atoms. The van der Waals surface area contributed by atoms with Gasteiger partial charge < -0.3 is 24.4 Å². The molecule has 0 bridgehead atoms. The number of carbonyl (C=O) groups excluding carboxylic acids is 1. The summed E-state index contributed by atoms with van der Waals surface area (Å²) in [6, 6.07) is 3.78. The summed E-state index contributed by atoms with van der Waals surface area (Å²) in [7, 11) is 6.73. The first-order valence-corrected chi connectivity index (χ1v) is 8.34. The Morgan fingerprint density at radius 2 is 1.92 bits per heavy atom. The minimum absolute atomic E-state index is 0. The Hall–Kier alpha value is -1.66. The maximum Gasteiger partial charge on any atom is 0.222 e. The van der Waals surface area contributed by atoms with Crippen LogP contribution >= 0.6 is 12.4 Å². The number of likely N-dealkylation sites (tertiary alicyclic amines) is 1. The molecule has 1 aromatic carbocycles. The third kappa shape index (κ3) is 5.16. The van der Waals surface area contributed by atoms with Gasteiger partial charge >= 0.3 is 0 Å². The van der Waals surface area contributed by atoms with Crippen molar-refractivity contribution in [2.24, 2.45) is 5.92 Å². The summed E-state index contributed by atoms with van der Waals surface area (Å²) >= 11 is 0. The number of nitrogens with one attached hydrogen (secondary N) is 1. The molecule has 2 rings (SSSR count). The van der Waals surface area contributed by atoms with Gasteiger partial charge in [0.2, 0.25) is 11.7 Å². The number of methoxy groups -OCH3 is 3. The van der Waals surface area contributed by atoms with E-state index < -0.39 is 0 Å². The summed E-state index contributed by atoms with van der Waals surface area (Å²) in [6.45, 7) is 2.67. The van der Waals surface area contributed by atoms with Crippen LogP contribution in [0.1, 0.15) is 18.4 Å². The minimum Gasteiger partial charge on any atom is -0.493 e. The number of amides is 1. The van der Waals surface area contributed by atoms with E-state index in [9.17, 15) is 4.79 Å². The molecule has 1 N–H and O–H groups in total. The number of rotatable bonds is 8. The molecular weight excluding hydrogens is 344 g/mol. The van der Waals surface area contributed by atoms with Gasteiger partial charge in [0.05, 0.1) is 21.3 Å². The average molecular weight is 373 g/mol. The number of hydrogen-bond acceptors (Lipinski definition) is 5. The van der Waals surface area contributed by atoms with Crippen molar-refractivity contribution in [1.82, 2.24) is 10.2 Å². The number of ether oxygens (including phenoxy) is 3. The maximum absolute atomic E-state index is 12.5. The first-order valence-electron chi connectivity index (χ1n) is 8.34. The Labute approximate surface area is 156 Å². The Balaban J connectivity index is 0.00000312. The summed E-state index contributed by atoms with van der Waals surface area (Å²) in [5, 5.41) is 3.19. The fourth-order valence-corrected chi connectivity index (χ4v) is 3.27. The highest BCUT2D eigenvalue weighted by Crippen LogP contribution is 2.40. The van der Waals surface area contributed by atoms with Gasteiger partial charge in [0.15, 0.2) is 11.5 Å². The van der Waals surface area contributed by atoms with E-state index in [1.54, 1.807) is 21.3 Å². The fraction of sp³-hybridized carbons (Fsp3) is 0.611. The molecule has 0 saturated carbocycles. The van der Waals surface area contributed by atoms with Gasteiger partial charge in [0, 0.05) is 19.5 Å². The standard InChI is InChI=1S/C18H28N2O4.ClH/c1-19-11-13-9-10-20(12-13)16(21)8-6-14-5-7-15(22-2)18(24-4)17(14)23-3;/h5,7,13,19H,6,8-12H2,1-4H3;1H. The normalized spacial score (nSPS) is 16.3. The van der Waals surface area contributed by atoms with Crippen LogP contribution in [-0.2, 0) is 11.2 Å². The van der Waals surface area contributed by atoms with Crippen molar-refractivity contribution in [2.45, 2.75) is 19.3 Å². The van der Waals surface area contributed by atoms with Crippen molar-refractivity contribution in [1.29, 1.82) is 0 Å². The number of benzene rings is 1. The van der Waals surface area contributed by atoms with Crippen molar-refractivity contribution < 1.29 is 19.0 Å². The second-order valence-electron chi connectivity index (χ2n) is 6.05. The maximum atomic E-state index is 12.5. The molecule has 1 atom stereocenters. The summed E-state index contributed by atoms with van der Waals surface area (Å²) in [5.74, 6) is 2.60. The third-order valence-corrected chi connectivity index (χ3v) is 4.53. The van der Waals surface area contributed by atoms with Crippen LogP contribution in [-0.4, -0.2) is 58.8 Å². The predicted molar refractivity (Wildman–Crippen MR) is 100 cm³/mol. The highest BCUT2D eigenvalue weighted by molar-refractivity contribution is 5.85. The third-order valence-electron chi connectivity index (χ3n) is 4.53. The molecule has 142 valence electrons. The van der Waals surface area contributed by atoms with Gasteiger partial charge in [0.25, 0.3) is 0 Å². The summed E-state index contributed by atoms with van der Waals surface area (Å²) in [6.07, 6.45) is 2.17. The van der Waals surface area contributed by atoms with E-state index in [-0.39, 0.29) is 18.3 Å². The molecule has 0 radical (unpaired) electrons. The lowest BCUT2D eigenvalue weighted by atomic mass is 10.1. The van der Waals surface area contributed by atoms with E-state index in [1.165, 1.54) is 0 Å². The van der Waals surface area contributed by atoms with Gasteiger partial charge in [-0.15, -0.1) is 12.4 Å². The van der Waals surface area contributed by atoms with Crippen LogP contribution in [0.25, 0.3) is 0 Å². The number of nitrogens with zero attached hydrogens (tertiary/aromatic N) is 1. The lowest BCUT2D eigenvalue weighted by molar-refractivity contribution is -0.130. The van der Waals surface area contributed by atoms with E-state index in [1.807, 2.05) is 24.1 Å². The zero-order chi connectivity index (χ0) is 17.5. The van der Waals surface area contributed by atoms with E-state index in [0.717, 1.165) is 31.6 Å². The molecule has 0 aliphatic carbocycles. The Bertz CT molecular complexity index is 568. The first kappa shape index (κ1) is 21.4. The molecule has 0 spiro atoms. The van der Waals surface area contributed by atoms with E-state index in [2.05, 4.69) is 5.32 Å². The second kappa shape index (κ2) is 10.4. The monoisotopic (exact) mass is 372 g/mol. The van der Waals surface area contributed by atoms with Crippen LogP contribution in [0.2, 0.25) is 0 Å². The average Bonchev–Trinajstić information content (AvgIpc) is 3.07. The van der Waals surface area contributed by atoms with Gasteiger partial charge in [-0.25, -0.2) is 0 Å². The number of carbonyl (C=O) groups is 1. The zero-order valence-corrected chi connectivity index (χ0v) is 16.3. The van der Waals surface area contributed by atoms with Crippen molar-refractivity contribution in [3.63, 3.8) is 0 Å². The van der Waals surface area contributed by atoms with Gasteiger partial charge in [-0.3, -0.25) is 4.79 Å². The molecule has 1 aliphatic rings. The Morgan fingerprint density at radius 3 is 2.52 bits per heavy atom. The lowest BCUT2D eigenvalue weighted by Gasteiger charge is -2.18. The lowest BCUT2D eigenvalue weighted by Crippen LogP contribution is -2.30. The predicted octanol–water partition coefficient (Wildman–Crippen LogP) is 2.13. The van der Waals surface area contributed by atoms with Crippen LogP contribution in [0.3, 0.4) is 0 Å². The molecule has 7 heteroatoms. The number of aryl methyl sites for hydroxylation is 1. The van der Waals surface area contributed by atoms with Crippen molar-refractivity contribution in [3.8, 4) is 17.2 Å². The molecule has 0 aromatic heterocycles. The molecule has 1 unspecified atom stereocenters. The van der Waals surface area contributed by atoms with Crippen LogP contribution in [0.15, 0.2) is 12.1 Å². The number of halogens is 1. The molecule has 1 saturated heterocycles. The van der Waals surface area contributed by atoms with Crippen molar-refractivity contribution in [2.75, 3.05) is 48.0 Å². The molecule has 1 heterocycles. The van der Waals surface area contributed by atoms with Gasteiger partial charge in [-0.1, -0.05) is 6.07 Å². The van der Waals surface area contributed by atoms with Crippen molar-refractivity contribution >= 4 is 18.3 Å². The van der Waals surface area contributed by atoms with Crippen LogP contribution in [0.5, 0.6) is 17.2 Å². The molecule has 1 amide bonds. The molecule has 6 nitrogen and oxygen atoms in total. The summed E-state index contributed by atoms with van der Waals surface area (Å²) in [5.41, 5.74) is 0.953. The summed E-state index contributed by atoms with van der Waals surface area (Å²) in [4.78, 5) is 14.4. The Kier molecular flexibility index (Phi) is 8.86. The van der Waals surface area contributed by atoms with Crippen LogP contribution < -0.4 is 19.5 Å². The first-order chi connectivity index (χ1) is 11.6. The van der Waals surface area contributed by atoms with Crippen LogP contribution in [0.4, 0.5) is 0 Å². The molecule has 1 fully saturated rings. The van der Waals surface area contributed by atoms with E-state index >= 15 is 0 Å². The Morgan fingerprint density at radius 1 is 1.20 bits per heavy atom.